The largest absolute Gasteiger partial charge is 0.349 e. The fraction of sp³-hybridized carbons (Fsp3) is 0.630. The molecule has 0 aromatic heterocycles. The van der Waals surface area contributed by atoms with Crippen LogP contribution >= 0.6 is 0 Å². The fourth-order valence-electron chi connectivity index (χ4n) is 7.91. The van der Waals surface area contributed by atoms with Gasteiger partial charge in [0.2, 0.25) is 5.91 Å². The molecule has 5 heteroatoms. The van der Waals surface area contributed by atoms with Crippen LogP contribution < -0.4 is 5.32 Å². The van der Waals surface area contributed by atoms with Crippen LogP contribution in [0.2, 0.25) is 0 Å². The normalized spacial score (nSPS) is 38.5. The first-order valence-electron chi connectivity index (χ1n) is 12.2. The Hall–Kier alpha value is -2.17. The fourth-order valence-corrected chi connectivity index (χ4v) is 7.91. The van der Waals surface area contributed by atoms with Crippen LogP contribution in [0, 0.1) is 41.3 Å². The molecule has 5 rings (SSSR count). The maximum atomic E-state index is 14.0. The third-order valence-corrected chi connectivity index (χ3v) is 9.84. The third kappa shape index (κ3) is 2.99. The van der Waals surface area contributed by atoms with Gasteiger partial charge < -0.3 is 10.2 Å². The molecule has 172 valence electrons. The Morgan fingerprint density at radius 2 is 1.94 bits per heavy atom. The van der Waals surface area contributed by atoms with Crippen LogP contribution in [0.25, 0.3) is 0 Å². The molecule has 3 aliphatic carbocycles. The molecule has 4 nitrogen and oxygen atoms in total. The Morgan fingerprint density at radius 1 is 1.16 bits per heavy atom. The van der Waals surface area contributed by atoms with Crippen molar-refractivity contribution in [1.29, 1.82) is 0 Å². The number of nitrogens with one attached hydrogen (secondary N) is 1. The van der Waals surface area contributed by atoms with Gasteiger partial charge in [-0.15, -0.1) is 0 Å². The number of hydrogen-bond donors (Lipinski definition) is 1. The summed E-state index contributed by atoms with van der Waals surface area (Å²) in [6, 6.07) is 4.86. The topological polar surface area (TPSA) is 49.4 Å². The zero-order valence-corrected chi connectivity index (χ0v) is 19.7. The van der Waals surface area contributed by atoms with Crippen molar-refractivity contribution in [3.05, 3.63) is 46.9 Å². The summed E-state index contributed by atoms with van der Waals surface area (Å²) in [5.74, 6) is 1.52. The summed E-state index contributed by atoms with van der Waals surface area (Å²) in [5.41, 5.74) is 2.24. The first-order chi connectivity index (χ1) is 15.2. The molecule has 1 aromatic carbocycles. The van der Waals surface area contributed by atoms with E-state index in [2.05, 4.69) is 25.2 Å². The van der Waals surface area contributed by atoms with Crippen molar-refractivity contribution in [3.8, 4) is 0 Å². The number of likely N-dealkylation sites (tertiary alicyclic amines) is 1. The average Bonchev–Trinajstić information content (AvgIpc) is 3.09. The van der Waals surface area contributed by atoms with Crippen LogP contribution in [-0.2, 0) is 4.79 Å². The van der Waals surface area contributed by atoms with Crippen LogP contribution in [0.4, 0.5) is 4.39 Å². The molecule has 2 saturated carbocycles. The molecule has 1 aliphatic heterocycles. The van der Waals surface area contributed by atoms with Crippen molar-refractivity contribution >= 4 is 11.8 Å². The van der Waals surface area contributed by atoms with E-state index in [9.17, 15) is 14.0 Å². The molecule has 3 fully saturated rings. The van der Waals surface area contributed by atoms with E-state index in [-0.39, 0.29) is 34.5 Å². The van der Waals surface area contributed by atoms with E-state index in [1.54, 1.807) is 19.1 Å². The van der Waals surface area contributed by atoms with Crippen molar-refractivity contribution in [2.45, 2.75) is 71.8 Å². The van der Waals surface area contributed by atoms with Crippen molar-refractivity contribution in [3.63, 3.8) is 0 Å². The minimum absolute atomic E-state index is 0.0656. The molecule has 32 heavy (non-hydrogen) atoms. The quantitative estimate of drug-likeness (QED) is 0.688. The summed E-state index contributed by atoms with van der Waals surface area (Å²) in [5, 5.41) is 3.30. The summed E-state index contributed by atoms with van der Waals surface area (Å²) >= 11 is 0. The molecule has 0 bridgehead atoms. The van der Waals surface area contributed by atoms with E-state index in [4.69, 9.17) is 0 Å². The number of carbonyl (C=O) groups excluding carboxylic acids is 2. The van der Waals surface area contributed by atoms with Gasteiger partial charge in [-0.2, -0.15) is 0 Å². The van der Waals surface area contributed by atoms with Gasteiger partial charge >= 0.3 is 0 Å². The molecular weight excluding hydrogens is 403 g/mol. The smallest absolute Gasteiger partial charge is 0.251 e. The standard InChI is InChI=1S/C27H35FN2O2/c1-16-17(6-5-7-21(16)28)25(32)29-22-10-9-19-18-8-11-23-27(3,15-13-24(31)30(23)4)20(18)12-14-26(19,22)2/h5-7,11,18-20,22H,8-10,12-15H2,1-4H3,(H,29,32)/t18-,19-,20+,22?,26-,27+/m0/s1. The highest BCUT2D eigenvalue weighted by Gasteiger charge is 2.59. The molecule has 0 radical (unpaired) electrons. The van der Waals surface area contributed by atoms with E-state index >= 15 is 0 Å². The number of carbonyl (C=O) groups is 2. The van der Waals surface area contributed by atoms with Crippen LogP contribution in [-0.4, -0.2) is 29.8 Å². The van der Waals surface area contributed by atoms with Gasteiger partial charge in [0.25, 0.3) is 5.91 Å². The predicted octanol–water partition coefficient (Wildman–Crippen LogP) is 5.22. The summed E-state index contributed by atoms with van der Waals surface area (Å²) in [6.07, 6.45) is 9.29. The van der Waals surface area contributed by atoms with Crippen LogP contribution in [0.5, 0.6) is 0 Å². The lowest BCUT2D eigenvalue weighted by Gasteiger charge is -2.58. The molecule has 1 heterocycles. The number of fused-ring (bicyclic) bond motifs is 5. The number of benzene rings is 1. The summed E-state index contributed by atoms with van der Waals surface area (Å²) < 4.78 is 14.0. The number of hydrogen-bond acceptors (Lipinski definition) is 2. The van der Waals surface area contributed by atoms with E-state index < -0.39 is 0 Å². The van der Waals surface area contributed by atoms with Gasteiger partial charge in [-0.3, -0.25) is 9.59 Å². The van der Waals surface area contributed by atoms with Crippen molar-refractivity contribution < 1.29 is 14.0 Å². The summed E-state index contributed by atoms with van der Waals surface area (Å²) in [6.45, 7) is 6.41. The second-order valence-electron chi connectivity index (χ2n) is 11.1. The van der Waals surface area contributed by atoms with Gasteiger partial charge in [0.15, 0.2) is 0 Å². The average molecular weight is 439 g/mol. The molecule has 1 aromatic rings. The third-order valence-electron chi connectivity index (χ3n) is 9.84. The highest BCUT2D eigenvalue weighted by atomic mass is 19.1. The molecule has 1 saturated heterocycles. The van der Waals surface area contributed by atoms with Crippen molar-refractivity contribution in [2.24, 2.45) is 28.6 Å². The number of piperidine rings is 1. The van der Waals surface area contributed by atoms with Crippen LogP contribution in [0.1, 0.15) is 74.7 Å². The second-order valence-corrected chi connectivity index (χ2v) is 11.1. The second kappa shape index (κ2) is 7.43. The number of halogens is 1. The maximum Gasteiger partial charge on any atom is 0.251 e. The minimum atomic E-state index is -0.331. The molecule has 6 atom stereocenters. The Balaban J connectivity index is 1.38. The van der Waals surface area contributed by atoms with E-state index in [0.717, 1.165) is 38.5 Å². The van der Waals surface area contributed by atoms with Crippen molar-refractivity contribution in [1.82, 2.24) is 10.2 Å². The van der Waals surface area contributed by atoms with Gasteiger partial charge in [-0.1, -0.05) is 26.0 Å². The lowest BCUT2D eigenvalue weighted by atomic mass is 9.49. The molecule has 1 N–H and O–H groups in total. The van der Waals surface area contributed by atoms with E-state index in [1.165, 1.54) is 11.8 Å². The predicted molar refractivity (Wildman–Crippen MR) is 122 cm³/mol. The van der Waals surface area contributed by atoms with Gasteiger partial charge in [-0.25, -0.2) is 4.39 Å². The SMILES string of the molecule is Cc1c(F)cccc1C(=O)NC1CC[C@H]2[C@@H]3CC=C4N(C)C(=O)CC[C@]4(C)[C@@H]3CC[C@]12C. The minimum Gasteiger partial charge on any atom is -0.349 e. The molecule has 1 unspecified atom stereocenters. The maximum absolute atomic E-state index is 14.0. The van der Waals surface area contributed by atoms with E-state index in [0.29, 0.717) is 35.3 Å². The molecular formula is C27H35FN2O2. The van der Waals surface area contributed by atoms with Crippen LogP contribution in [0.3, 0.4) is 0 Å². The molecule has 2 amide bonds. The lowest BCUT2D eigenvalue weighted by Crippen LogP contribution is -2.55. The Labute approximate surface area is 190 Å². The van der Waals surface area contributed by atoms with Gasteiger partial charge in [0, 0.05) is 36.2 Å². The lowest BCUT2D eigenvalue weighted by molar-refractivity contribution is -0.135. The number of amides is 2. The molecule has 4 aliphatic rings. The summed E-state index contributed by atoms with van der Waals surface area (Å²) in [7, 11) is 1.94. The van der Waals surface area contributed by atoms with Crippen molar-refractivity contribution in [2.75, 3.05) is 7.05 Å². The zero-order chi connectivity index (χ0) is 22.8. The first-order valence-corrected chi connectivity index (χ1v) is 12.2. The monoisotopic (exact) mass is 438 g/mol. The number of nitrogens with zero attached hydrogens (tertiary/aromatic N) is 1. The Bertz CT molecular complexity index is 1000. The number of allylic oxidation sites excluding steroid dienone is 2. The Kier molecular flexibility index (Phi) is 5.03. The van der Waals surface area contributed by atoms with E-state index in [1.807, 2.05) is 11.9 Å². The highest BCUT2D eigenvalue weighted by Crippen LogP contribution is 2.64. The Morgan fingerprint density at radius 3 is 2.72 bits per heavy atom. The highest BCUT2D eigenvalue weighted by molar-refractivity contribution is 5.95. The molecule has 0 spiro atoms. The van der Waals surface area contributed by atoms with Gasteiger partial charge in [0.05, 0.1) is 0 Å². The zero-order valence-electron chi connectivity index (χ0n) is 19.7. The van der Waals surface area contributed by atoms with Crippen LogP contribution in [0.15, 0.2) is 30.0 Å². The summed E-state index contributed by atoms with van der Waals surface area (Å²) in [4.78, 5) is 27.3. The number of rotatable bonds is 2. The van der Waals surface area contributed by atoms with Gasteiger partial charge in [-0.05, 0) is 86.3 Å². The first kappa shape index (κ1) is 21.7. The van der Waals surface area contributed by atoms with Gasteiger partial charge in [0.1, 0.15) is 5.82 Å².